The Hall–Kier alpha value is -6.36. The molecule has 4 atom stereocenters. The summed E-state index contributed by atoms with van der Waals surface area (Å²) >= 11 is 3.04. The molecule has 1 saturated heterocycles. The van der Waals surface area contributed by atoms with Crippen molar-refractivity contribution in [1.82, 2.24) is 35.3 Å². The summed E-state index contributed by atoms with van der Waals surface area (Å²) in [5.74, 6) is -0.153. The van der Waals surface area contributed by atoms with Crippen molar-refractivity contribution in [2.45, 2.75) is 98.5 Å². The molecule has 1 fully saturated rings. The lowest BCUT2D eigenvalue weighted by molar-refractivity contribution is -0.142. The largest absolute Gasteiger partial charge is 0.469 e. The number of aryl methyl sites for hydroxylation is 2. The van der Waals surface area contributed by atoms with Gasteiger partial charge in [-0.2, -0.15) is 0 Å². The average Bonchev–Trinajstić information content (AvgIpc) is 4.11. The Kier molecular flexibility index (Phi) is 13.2. The molecule has 0 saturated carbocycles. The number of likely N-dealkylation sites (tertiary alicyclic amines) is 1. The van der Waals surface area contributed by atoms with Crippen LogP contribution in [0.1, 0.15) is 114 Å². The first kappa shape index (κ1) is 46.2. The molecule has 6 aromatic rings. The predicted molar refractivity (Wildman–Crippen MR) is 256 cm³/mol. The van der Waals surface area contributed by atoms with Crippen LogP contribution in [0, 0.1) is 26.2 Å². The molecule has 3 amide bonds. The quantitative estimate of drug-likeness (QED) is 0.103. The van der Waals surface area contributed by atoms with E-state index in [4.69, 9.17) is 9.73 Å². The zero-order valence-corrected chi connectivity index (χ0v) is 40.0. The number of aromatic nitrogens is 4. The minimum absolute atomic E-state index is 0.0253. The van der Waals surface area contributed by atoms with Crippen LogP contribution in [-0.4, -0.2) is 84.9 Å². The monoisotopic (exact) mass is 926 g/mol. The zero-order valence-electron chi connectivity index (χ0n) is 38.3. The van der Waals surface area contributed by atoms with Crippen molar-refractivity contribution in [3.63, 3.8) is 0 Å². The van der Waals surface area contributed by atoms with Crippen molar-refractivity contribution in [3.8, 4) is 26.6 Å². The van der Waals surface area contributed by atoms with Gasteiger partial charge in [-0.05, 0) is 85.9 Å². The second-order valence-corrected chi connectivity index (χ2v) is 19.9. The van der Waals surface area contributed by atoms with Crippen molar-refractivity contribution in [1.29, 1.82) is 0 Å². The summed E-state index contributed by atoms with van der Waals surface area (Å²) in [5, 5.41) is 26.0. The SMILES string of the molecule is COC(=O)CC1N=C(c2ccc(-c3ccc(C(=O)NC(C(=O)N4CCCC4C(=O)NC(C)c4ccc(-c5scnc5C)cc4)C(C)(C)C)cc3)cc2)c2c(sc(CO)c2C)-n2c(C)nnc21. The molecule has 3 aromatic carbocycles. The predicted octanol–water partition coefficient (Wildman–Crippen LogP) is 8.00. The van der Waals surface area contributed by atoms with Gasteiger partial charge in [0.15, 0.2) is 5.82 Å². The molecule has 14 nitrogen and oxygen atoms in total. The third-order valence-corrected chi connectivity index (χ3v) is 14.7. The highest BCUT2D eigenvalue weighted by atomic mass is 32.1. The molecule has 342 valence electrons. The van der Waals surface area contributed by atoms with E-state index >= 15 is 0 Å². The van der Waals surface area contributed by atoms with Crippen LogP contribution >= 0.6 is 22.7 Å². The molecule has 5 heterocycles. The number of methoxy groups -OCH3 is 1. The lowest BCUT2D eigenvalue weighted by Crippen LogP contribution is -2.57. The van der Waals surface area contributed by atoms with E-state index in [1.54, 1.807) is 28.4 Å². The molecule has 66 heavy (non-hydrogen) atoms. The van der Waals surface area contributed by atoms with E-state index in [9.17, 15) is 24.3 Å². The topological polar surface area (TPSA) is 181 Å². The van der Waals surface area contributed by atoms with Gasteiger partial charge in [-0.3, -0.25) is 28.7 Å². The fraction of sp³-hybridized carbons (Fsp3) is 0.360. The van der Waals surface area contributed by atoms with Gasteiger partial charge in [0, 0.05) is 28.1 Å². The van der Waals surface area contributed by atoms with Crippen LogP contribution in [-0.2, 0) is 25.7 Å². The number of carbonyl (C=O) groups excluding carboxylic acids is 4. The van der Waals surface area contributed by atoms with E-state index in [-0.39, 0.29) is 30.9 Å². The first-order valence-electron chi connectivity index (χ1n) is 22.0. The lowest BCUT2D eigenvalue weighted by atomic mass is 9.85. The van der Waals surface area contributed by atoms with E-state index in [1.165, 1.54) is 18.4 Å². The molecule has 3 aromatic heterocycles. The minimum Gasteiger partial charge on any atom is -0.469 e. The Bertz CT molecular complexity index is 2820. The van der Waals surface area contributed by atoms with Crippen molar-refractivity contribution in [2.75, 3.05) is 13.7 Å². The molecule has 16 heteroatoms. The second-order valence-electron chi connectivity index (χ2n) is 17.9. The number of benzene rings is 3. The molecular weight excluding hydrogens is 873 g/mol. The van der Waals surface area contributed by atoms with Crippen LogP contribution in [0.4, 0.5) is 0 Å². The summed E-state index contributed by atoms with van der Waals surface area (Å²) in [6.45, 7) is 13.7. The van der Waals surface area contributed by atoms with Crippen molar-refractivity contribution >= 4 is 52.1 Å². The number of hydrogen-bond donors (Lipinski definition) is 3. The number of thiophene rings is 1. The standard InChI is InChI=1S/C50H54N8O6S2/c1-27-39(25-59)66-49-41(27)42(53-37(24-40(60)64-8)45-56-55-30(4)58(45)49)34-17-13-32(14-18-34)33-15-21-36(22-16-33)46(61)54-44(50(5,6)7)48(63)57-23-9-10-38(57)47(62)52-28(2)31-11-19-35(20-12-31)43-29(3)51-26-65-43/h11-22,26,28,37-38,44,59H,9-10,23-25H2,1-8H3,(H,52,62)(H,54,61). The summed E-state index contributed by atoms with van der Waals surface area (Å²) < 4.78 is 6.94. The van der Waals surface area contributed by atoms with Crippen molar-refractivity contribution < 1.29 is 29.0 Å². The molecule has 8 rings (SSSR count). The highest BCUT2D eigenvalue weighted by molar-refractivity contribution is 7.15. The number of thiazole rings is 1. The van der Waals surface area contributed by atoms with E-state index < -0.39 is 35.4 Å². The van der Waals surface area contributed by atoms with Gasteiger partial charge in [-0.25, -0.2) is 4.98 Å². The Morgan fingerprint density at radius 2 is 1.55 bits per heavy atom. The van der Waals surface area contributed by atoms with Gasteiger partial charge in [-0.15, -0.1) is 32.9 Å². The number of aliphatic hydroxyl groups excluding tert-OH is 1. The number of amides is 3. The molecule has 0 radical (unpaired) electrons. The van der Waals surface area contributed by atoms with Gasteiger partial charge < -0.3 is 25.4 Å². The number of aliphatic imine (C=N–C) groups is 1. The van der Waals surface area contributed by atoms with Crippen molar-refractivity contribution in [2.24, 2.45) is 10.4 Å². The molecule has 3 N–H and O–H groups in total. The fourth-order valence-electron chi connectivity index (χ4n) is 8.71. The average molecular weight is 927 g/mol. The van der Waals surface area contributed by atoms with Gasteiger partial charge in [-0.1, -0.05) is 81.4 Å². The number of fused-ring (bicyclic) bond motifs is 3. The summed E-state index contributed by atoms with van der Waals surface area (Å²) in [6, 6.07) is 20.7. The molecule has 4 unspecified atom stereocenters. The van der Waals surface area contributed by atoms with E-state index in [0.29, 0.717) is 42.3 Å². The van der Waals surface area contributed by atoms with Crippen LogP contribution in [0.3, 0.4) is 0 Å². The maximum absolute atomic E-state index is 14.3. The number of nitrogens with zero attached hydrogens (tertiary/aromatic N) is 6. The third kappa shape index (κ3) is 9.09. The number of rotatable bonds is 12. The van der Waals surface area contributed by atoms with Crippen LogP contribution in [0.25, 0.3) is 26.6 Å². The van der Waals surface area contributed by atoms with Crippen LogP contribution in [0.5, 0.6) is 0 Å². The Morgan fingerprint density at radius 1 is 0.894 bits per heavy atom. The van der Waals surface area contributed by atoms with Crippen LogP contribution in [0.2, 0.25) is 0 Å². The fourth-order valence-corrected chi connectivity index (χ4v) is 10.7. The second kappa shape index (κ2) is 18.9. The first-order chi connectivity index (χ1) is 31.6. The Labute approximate surface area is 392 Å². The number of ether oxygens (including phenoxy) is 1. The first-order valence-corrected chi connectivity index (χ1v) is 23.7. The highest BCUT2D eigenvalue weighted by Crippen LogP contribution is 2.40. The number of nitrogens with one attached hydrogen (secondary N) is 2. The van der Waals surface area contributed by atoms with E-state index in [0.717, 1.165) is 59.4 Å². The normalized spacial score (nSPS) is 16.7. The van der Waals surface area contributed by atoms with Crippen LogP contribution < -0.4 is 10.6 Å². The lowest BCUT2D eigenvalue weighted by Gasteiger charge is -2.35. The molecule has 2 aliphatic heterocycles. The Balaban J connectivity index is 0.961. The summed E-state index contributed by atoms with van der Waals surface area (Å²) in [6.07, 6.45) is 1.19. The van der Waals surface area contributed by atoms with Gasteiger partial charge in [0.1, 0.15) is 29.0 Å². The number of carbonyl (C=O) groups is 4. The molecule has 0 spiro atoms. The van der Waals surface area contributed by atoms with Gasteiger partial charge in [0.05, 0.1) is 48.0 Å². The maximum atomic E-state index is 14.3. The highest BCUT2D eigenvalue weighted by Gasteiger charge is 2.42. The Morgan fingerprint density at radius 3 is 2.17 bits per heavy atom. The molecule has 0 bridgehead atoms. The molecule has 2 aliphatic rings. The minimum atomic E-state index is -0.884. The molecule has 0 aliphatic carbocycles. The summed E-state index contributed by atoms with van der Waals surface area (Å²) in [7, 11) is 1.34. The van der Waals surface area contributed by atoms with E-state index in [2.05, 4.69) is 25.8 Å². The molecular formula is C50H54N8O6S2. The summed E-state index contributed by atoms with van der Waals surface area (Å²) in [4.78, 5) is 67.6. The zero-order chi connectivity index (χ0) is 47.0. The number of aliphatic hydroxyl groups is 1. The third-order valence-electron chi connectivity index (χ3n) is 12.5. The number of hydrogen-bond acceptors (Lipinski definition) is 12. The van der Waals surface area contributed by atoms with Gasteiger partial charge >= 0.3 is 5.97 Å². The maximum Gasteiger partial charge on any atom is 0.308 e. The van der Waals surface area contributed by atoms with Gasteiger partial charge in [0.2, 0.25) is 11.8 Å². The van der Waals surface area contributed by atoms with Crippen molar-refractivity contribution in [3.05, 3.63) is 128 Å². The van der Waals surface area contributed by atoms with Crippen LogP contribution in [0.15, 0.2) is 83.3 Å². The smallest absolute Gasteiger partial charge is 0.308 e. The summed E-state index contributed by atoms with van der Waals surface area (Å²) in [5.41, 5.74) is 9.57. The van der Waals surface area contributed by atoms with E-state index in [1.807, 2.05) is 119 Å². The van der Waals surface area contributed by atoms with Gasteiger partial charge in [0.25, 0.3) is 5.91 Å². The number of esters is 1.